The normalized spacial score (nSPS) is 10.7. The maximum atomic E-state index is 12.4. The molecule has 0 radical (unpaired) electrons. The highest BCUT2D eigenvalue weighted by atomic mass is 35.5. The first-order chi connectivity index (χ1) is 18.8. The quantitative estimate of drug-likeness (QED) is 0.131. The van der Waals surface area contributed by atoms with E-state index in [0.29, 0.717) is 32.5 Å². The number of aromatic nitrogens is 2. The molecular formula is C27H22ClN5O5S. The monoisotopic (exact) mass is 563 g/mol. The number of methoxy groups -OCH3 is 1. The van der Waals surface area contributed by atoms with Gasteiger partial charge in [0.05, 0.1) is 25.3 Å². The summed E-state index contributed by atoms with van der Waals surface area (Å²) >= 11 is 6.95. The number of carbonyl (C=O) groups excluding carboxylic acids is 3. The summed E-state index contributed by atoms with van der Waals surface area (Å²) in [7, 11) is 1.44. The summed E-state index contributed by atoms with van der Waals surface area (Å²) < 4.78 is 10.7. The SMILES string of the molecule is COc1cc(/C=N\NC(=O)Cc2nnc(NC(=O)c3ccc(C)cc3)s2)ccc1OC(=O)c1ccc(Cl)cc1. The lowest BCUT2D eigenvalue weighted by Gasteiger charge is -2.10. The predicted molar refractivity (Wildman–Crippen MR) is 148 cm³/mol. The third kappa shape index (κ3) is 7.69. The second kappa shape index (κ2) is 12.8. The van der Waals surface area contributed by atoms with Crippen LogP contribution in [0.2, 0.25) is 5.02 Å². The molecule has 4 rings (SSSR count). The first-order valence-electron chi connectivity index (χ1n) is 11.5. The standard InChI is InChI=1S/C27H22ClN5O5S/c1-16-3-6-18(7-4-16)25(35)30-27-33-32-24(39-27)14-23(34)31-29-15-17-5-12-21(22(13-17)37-2)38-26(36)19-8-10-20(28)11-9-19/h3-13,15H,14H2,1-2H3,(H,31,34)(H,30,33,35)/b29-15-. The van der Waals surface area contributed by atoms with Crippen LogP contribution in [0.15, 0.2) is 71.8 Å². The van der Waals surface area contributed by atoms with Gasteiger partial charge in [-0.25, -0.2) is 10.2 Å². The number of amides is 2. The number of anilines is 1. The van der Waals surface area contributed by atoms with Crippen molar-refractivity contribution in [2.24, 2.45) is 5.10 Å². The van der Waals surface area contributed by atoms with Crippen molar-refractivity contribution in [1.82, 2.24) is 15.6 Å². The summed E-state index contributed by atoms with van der Waals surface area (Å²) in [5, 5.41) is 15.7. The lowest BCUT2D eigenvalue weighted by molar-refractivity contribution is -0.120. The molecule has 0 aliphatic heterocycles. The van der Waals surface area contributed by atoms with E-state index < -0.39 is 11.9 Å². The van der Waals surface area contributed by atoms with Crippen molar-refractivity contribution in [3.8, 4) is 11.5 Å². The average Bonchev–Trinajstić information content (AvgIpc) is 3.36. The topological polar surface area (TPSA) is 132 Å². The Morgan fingerprint density at radius 2 is 1.69 bits per heavy atom. The van der Waals surface area contributed by atoms with Gasteiger partial charge in [0.2, 0.25) is 11.0 Å². The Labute approximate surface area is 232 Å². The average molecular weight is 564 g/mol. The van der Waals surface area contributed by atoms with Crippen LogP contribution < -0.4 is 20.2 Å². The maximum Gasteiger partial charge on any atom is 0.343 e. The third-order valence-electron chi connectivity index (χ3n) is 5.19. The first kappa shape index (κ1) is 27.4. The molecule has 0 atom stereocenters. The Balaban J connectivity index is 1.29. The van der Waals surface area contributed by atoms with Gasteiger partial charge in [-0.3, -0.25) is 14.9 Å². The van der Waals surface area contributed by atoms with Crippen LogP contribution >= 0.6 is 22.9 Å². The van der Waals surface area contributed by atoms with E-state index in [9.17, 15) is 14.4 Å². The van der Waals surface area contributed by atoms with Gasteiger partial charge in [-0.05, 0) is 67.1 Å². The summed E-state index contributed by atoms with van der Waals surface area (Å²) in [4.78, 5) is 37.0. The highest BCUT2D eigenvalue weighted by Gasteiger charge is 2.14. The lowest BCUT2D eigenvalue weighted by atomic mass is 10.1. The van der Waals surface area contributed by atoms with E-state index in [2.05, 4.69) is 26.0 Å². The zero-order chi connectivity index (χ0) is 27.8. The number of esters is 1. The molecule has 12 heteroatoms. The van der Waals surface area contributed by atoms with Crippen LogP contribution in [0.5, 0.6) is 11.5 Å². The molecule has 39 heavy (non-hydrogen) atoms. The summed E-state index contributed by atoms with van der Waals surface area (Å²) in [5.41, 5.74) is 4.89. The fourth-order valence-electron chi connectivity index (χ4n) is 3.20. The number of hydrogen-bond acceptors (Lipinski definition) is 9. The van der Waals surface area contributed by atoms with Gasteiger partial charge in [-0.15, -0.1) is 10.2 Å². The Bertz CT molecular complexity index is 1520. The molecule has 2 N–H and O–H groups in total. The Hall–Kier alpha value is -4.61. The number of carbonyl (C=O) groups is 3. The zero-order valence-corrected chi connectivity index (χ0v) is 22.4. The summed E-state index contributed by atoms with van der Waals surface area (Å²) in [6.07, 6.45) is 1.34. The van der Waals surface area contributed by atoms with E-state index in [1.54, 1.807) is 54.6 Å². The number of halogens is 1. The number of rotatable bonds is 9. The largest absolute Gasteiger partial charge is 0.493 e. The molecule has 0 spiro atoms. The molecule has 0 fully saturated rings. The number of nitrogens with one attached hydrogen (secondary N) is 2. The fourth-order valence-corrected chi connectivity index (χ4v) is 4.06. The van der Waals surface area contributed by atoms with Crippen LogP contribution in [-0.2, 0) is 11.2 Å². The molecular weight excluding hydrogens is 542 g/mol. The fraction of sp³-hybridized carbons (Fsp3) is 0.111. The van der Waals surface area contributed by atoms with Crippen LogP contribution in [0.1, 0.15) is 36.9 Å². The number of ether oxygens (including phenoxy) is 2. The third-order valence-corrected chi connectivity index (χ3v) is 6.28. The van der Waals surface area contributed by atoms with E-state index in [0.717, 1.165) is 16.9 Å². The van der Waals surface area contributed by atoms with Crippen molar-refractivity contribution in [1.29, 1.82) is 0 Å². The van der Waals surface area contributed by atoms with Gasteiger partial charge in [-0.2, -0.15) is 5.10 Å². The molecule has 0 unspecified atom stereocenters. The Morgan fingerprint density at radius 1 is 0.974 bits per heavy atom. The molecule has 1 heterocycles. The molecule has 198 valence electrons. The van der Waals surface area contributed by atoms with Crippen molar-refractivity contribution < 1.29 is 23.9 Å². The van der Waals surface area contributed by atoms with Crippen molar-refractivity contribution in [3.63, 3.8) is 0 Å². The minimum Gasteiger partial charge on any atom is -0.493 e. The minimum absolute atomic E-state index is 0.0711. The van der Waals surface area contributed by atoms with Crippen LogP contribution in [0.4, 0.5) is 5.13 Å². The second-order valence-electron chi connectivity index (χ2n) is 8.10. The number of nitrogens with zero attached hydrogens (tertiary/aromatic N) is 3. The summed E-state index contributed by atoms with van der Waals surface area (Å²) in [6, 6.07) is 18.2. The van der Waals surface area contributed by atoms with Crippen molar-refractivity contribution in [2.75, 3.05) is 12.4 Å². The minimum atomic E-state index is -0.562. The van der Waals surface area contributed by atoms with E-state index >= 15 is 0 Å². The second-order valence-corrected chi connectivity index (χ2v) is 9.60. The first-order valence-corrected chi connectivity index (χ1v) is 12.7. The molecule has 0 aliphatic rings. The van der Waals surface area contributed by atoms with Crippen LogP contribution in [0, 0.1) is 6.92 Å². The van der Waals surface area contributed by atoms with Gasteiger partial charge in [0.1, 0.15) is 5.01 Å². The number of benzene rings is 3. The number of aryl methyl sites for hydroxylation is 1. The lowest BCUT2D eigenvalue weighted by Crippen LogP contribution is -2.19. The molecule has 3 aromatic carbocycles. The molecule has 1 aromatic heterocycles. The van der Waals surface area contributed by atoms with E-state index in [-0.39, 0.29) is 23.2 Å². The molecule has 0 saturated heterocycles. The molecule has 10 nitrogen and oxygen atoms in total. The Kier molecular flexibility index (Phi) is 8.97. The van der Waals surface area contributed by atoms with Crippen LogP contribution in [0.3, 0.4) is 0 Å². The molecule has 0 bridgehead atoms. The van der Waals surface area contributed by atoms with Crippen molar-refractivity contribution in [2.45, 2.75) is 13.3 Å². The molecule has 4 aromatic rings. The van der Waals surface area contributed by atoms with Gasteiger partial charge in [-0.1, -0.05) is 40.6 Å². The Morgan fingerprint density at radius 3 is 2.41 bits per heavy atom. The highest BCUT2D eigenvalue weighted by Crippen LogP contribution is 2.28. The summed E-state index contributed by atoms with van der Waals surface area (Å²) in [5.74, 6) is -0.762. The number of hydrazone groups is 1. The van der Waals surface area contributed by atoms with Gasteiger partial charge in [0.25, 0.3) is 5.91 Å². The molecule has 0 aliphatic carbocycles. The zero-order valence-electron chi connectivity index (χ0n) is 20.8. The van der Waals surface area contributed by atoms with Gasteiger partial charge in [0.15, 0.2) is 11.5 Å². The van der Waals surface area contributed by atoms with Crippen LogP contribution in [0.25, 0.3) is 0 Å². The maximum absolute atomic E-state index is 12.4. The predicted octanol–water partition coefficient (Wildman–Crippen LogP) is 4.67. The van der Waals surface area contributed by atoms with E-state index in [1.165, 1.54) is 13.3 Å². The molecule has 2 amide bonds. The smallest absolute Gasteiger partial charge is 0.343 e. The highest BCUT2D eigenvalue weighted by molar-refractivity contribution is 7.15. The number of hydrogen-bond donors (Lipinski definition) is 2. The van der Waals surface area contributed by atoms with Gasteiger partial charge >= 0.3 is 5.97 Å². The van der Waals surface area contributed by atoms with Crippen molar-refractivity contribution in [3.05, 3.63) is 99.0 Å². The molecule has 0 saturated carbocycles. The summed E-state index contributed by atoms with van der Waals surface area (Å²) in [6.45, 7) is 1.93. The van der Waals surface area contributed by atoms with E-state index in [1.807, 2.05) is 19.1 Å². The van der Waals surface area contributed by atoms with Gasteiger partial charge in [0, 0.05) is 10.6 Å². The van der Waals surface area contributed by atoms with Crippen LogP contribution in [-0.4, -0.2) is 41.3 Å². The van der Waals surface area contributed by atoms with E-state index in [4.69, 9.17) is 21.1 Å². The van der Waals surface area contributed by atoms with Gasteiger partial charge < -0.3 is 9.47 Å². The van der Waals surface area contributed by atoms with Crippen molar-refractivity contribution >= 4 is 52.1 Å².